The molecule has 2 aromatic heterocycles. The summed E-state index contributed by atoms with van der Waals surface area (Å²) in [5, 5.41) is 0. The zero-order chi connectivity index (χ0) is 16.9. The van der Waals surface area contributed by atoms with E-state index in [2.05, 4.69) is 26.4 Å². The number of hydrogen-bond acceptors (Lipinski definition) is 5. The first-order valence-corrected chi connectivity index (χ1v) is 8.19. The largest absolute Gasteiger partial charge is 0.481 e. The van der Waals surface area contributed by atoms with Crippen molar-refractivity contribution in [2.45, 2.75) is 19.4 Å². The second-order valence-corrected chi connectivity index (χ2v) is 5.95. The van der Waals surface area contributed by atoms with Crippen molar-refractivity contribution in [3.8, 4) is 5.88 Å². The van der Waals surface area contributed by atoms with Crippen LogP contribution in [0.5, 0.6) is 5.88 Å². The number of methoxy groups -OCH3 is 1. The lowest BCUT2D eigenvalue weighted by molar-refractivity contribution is -0.132. The summed E-state index contributed by atoms with van der Waals surface area (Å²) in [6, 6.07) is 5.86. The molecular formula is C17H23N5O2. The van der Waals surface area contributed by atoms with Crippen LogP contribution in [0, 0.1) is 0 Å². The third-order valence-corrected chi connectivity index (χ3v) is 4.35. The van der Waals surface area contributed by atoms with Gasteiger partial charge in [0.15, 0.2) is 0 Å². The second kappa shape index (κ2) is 7.33. The van der Waals surface area contributed by atoms with Crippen molar-refractivity contribution in [2.75, 3.05) is 38.2 Å². The third-order valence-electron chi connectivity index (χ3n) is 4.35. The molecule has 0 bridgehead atoms. The number of hydrogen-bond donors (Lipinski definition) is 0. The Bertz CT molecular complexity index is 665. The summed E-state index contributed by atoms with van der Waals surface area (Å²) in [5.41, 5.74) is 0. The van der Waals surface area contributed by atoms with Crippen LogP contribution in [0.4, 0.5) is 5.95 Å². The minimum Gasteiger partial charge on any atom is -0.481 e. The van der Waals surface area contributed by atoms with E-state index in [1.165, 1.54) is 0 Å². The molecule has 3 rings (SSSR count). The van der Waals surface area contributed by atoms with Crippen LogP contribution in [0.3, 0.4) is 0 Å². The molecule has 1 amide bonds. The molecule has 1 aliphatic rings. The molecule has 1 saturated heterocycles. The first-order valence-electron chi connectivity index (χ1n) is 8.19. The number of carbonyl (C=O) groups excluding carboxylic acids is 1. The topological polar surface area (TPSA) is 63.5 Å². The fourth-order valence-corrected chi connectivity index (χ4v) is 2.88. The van der Waals surface area contributed by atoms with Gasteiger partial charge in [0.25, 0.3) is 0 Å². The third kappa shape index (κ3) is 3.67. The van der Waals surface area contributed by atoms with E-state index in [-0.39, 0.29) is 11.9 Å². The van der Waals surface area contributed by atoms with Crippen LogP contribution < -0.4 is 9.64 Å². The van der Waals surface area contributed by atoms with Crippen molar-refractivity contribution in [1.29, 1.82) is 0 Å². The molecule has 1 fully saturated rings. The second-order valence-electron chi connectivity index (χ2n) is 5.95. The Kier molecular flexibility index (Phi) is 4.98. The molecule has 1 atom stereocenters. The Hall–Kier alpha value is -2.57. The van der Waals surface area contributed by atoms with Gasteiger partial charge in [-0.1, -0.05) is 0 Å². The van der Waals surface area contributed by atoms with Gasteiger partial charge in [0.2, 0.25) is 17.7 Å². The van der Waals surface area contributed by atoms with Crippen molar-refractivity contribution in [3.63, 3.8) is 0 Å². The van der Waals surface area contributed by atoms with Crippen LogP contribution in [-0.4, -0.2) is 58.6 Å². The molecule has 0 aromatic carbocycles. The average Bonchev–Trinajstić information content (AvgIpc) is 3.16. The highest BCUT2D eigenvalue weighted by Crippen LogP contribution is 2.17. The molecule has 2 aromatic rings. The molecule has 0 spiro atoms. The SMILES string of the molecule is COc1ccnc(N2CCN(C(=O)C[C@H](C)n3cccc3)CC2)n1. The van der Waals surface area contributed by atoms with Gasteiger partial charge in [0.1, 0.15) is 0 Å². The van der Waals surface area contributed by atoms with Crippen LogP contribution in [0.1, 0.15) is 19.4 Å². The van der Waals surface area contributed by atoms with E-state index >= 15 is 0 Å². The lowest BCUT2D eigenvalue weighted by atomic mass is 10.2. The summed E-state index contributed by atoms with van der Waals surface area (Å²) in [6.45, 7) is 4.92. The molecule has 0 unspecified atom stereocenters. The highest BCUT2D eigenvalue weighted by molar-refractivity contribution is 5.77. The van der Waals surface area contributed by atoms with Gasteiger partial charge in [-0.25, -0.2) is 4.98 Å². The smallest absolute Gasteiger partial charge is 0.228 e. The zero-order valence-electron chi connectivity index (χ0n) is 14.1. The molecule has 0 saturated carbocycles. The van der Waals surface area contributed by atoms with Gasteiger partial charge in [-0.2, -0.15) is 4.98 Å². The summed E-state index contributed by atoms with van der Waals surface area (Å²) in [5.74, 6) is 1.41. The summed E-state index contributed by atoms with van der Waals surface area (Å²) >= 11 is 0. The van der Waals surface area contributed by atoms with Crippen LogP contribution in [0.2, 0.25) is 0 Å². The minimum atomic E-state index is 0.173. The van der Waals surface area contributed by atoms with E-state index in [1.54, 1.807) is 19.4 Å². The van der Waals surface area contributed by atoms with Gasteiger partial charge < -0.3 is 19.1 Å². The average molecular weight is 329 g/mol. The van der Waals surface area contributed by atoms with E-state index in [1.807, 2.05) is 29.4 Å². The molecule has 0 radical (unpaired) electrons. The van der Waals surface area contributed by atoms with Crippen LogP contribution in [-0.2, 0) is 4.79 Å². The highest BCUT2D eigenvalue weighted by Gasteiger charge is 2.24. The molecule has 7 nitrogen and oxygen atoms in total. The molecule has 24 heavy (non-hydrogen) atoms. The normalized spacial score (nSPS) is 16.1. The fraction of sp³-hybridized carbons (Fsp3) is 0.471. The van der Waals surface area contributed by atoms with E-state index in [0.717, 1.165) is 13.1 Å². The number of anilines is 1. The quantitative estimate of drug-likeness (QED) is 0.833. The molecule has 0 N–H and O–H groups in total. The number of piperazine rings is 1. The molecule has 128 valence electrons. The van der Waals surface area contributed by atoms with Crippen molar-refractivity contribution in [3.05, 3.63) is 36.8 Å². The summed E-state index contributed by atoms with van der Waals surface area (Å²) < 4.78 is 7.21. The van der Waals surface area contributed by atoms with Gasteiger partial charge in [-0.3, -0.25) is 4.79 Å². The van der Waals surface area contributed by atoms with Crippen molar-refractivity contribution in [2.24, 2.45) is 0 Å². The van der Waals surface area contributed by atoms with Gasteiger partial charge >= 0.3 is 0 Å². The Balaban J connectivity index is 1.53. The lowest BCUT2D eigenvalue weighted by Gasteiger charge is -2.35. The molecule has 0 aliphatic carbocycles. The first-order chi connectivity index (χ1) is 11.7. The number of ether oxygens (including phenoxy) is 1. The lowest BCUT2D eigenvalue weighted by Crippen LogP contribution is -2.49. The Morgan fingerprint density at radius 3 is 2.62 bits per heavy atom. The Morgan fingerprint density at radius 2 is 1.96 bits per heavy atom. The summed E-state index contributed by atoms with van der Waals surface area (Å²) in [6.07, 6.45) is 6.20. The predicted molar refractivity (Wildman–Crippen MR) is 91.1 cm³/mol. The van der Waals surface area contributed by atoms with Gasteiger partial charge in [-0.15, -0.1) is 0 Å². The molecule has 7 heteroatoms. The van der Waals surface area contributed by atoms with E-state index < -0.39 is 0 Å². The van der Waals surface area contributed by atoms with Crippen molar-refractivity contribution < 1.29 is 9.53 Å². The number of aromatic nitrogens is 3. The number of rotatable bonds is 5. The van der Waals surface area contributed by atoms with Crippen LogP contribution in [0.15, 0.2) is 36.8 Å². The van der Waals surface area contributed by atoms with Crippen molar-refractivity contribution >= 4 is 11.9 Å². The van der Waals surface area contributed by atoms with Crippen LogP contribution >= 0.6 is 0 Å². The highest BCUT2D eigenvalue weighted by atomic mass is 16.5. The van der Waals surface area contributed by atoms with Crippen molar-refractivity contribution in [1.82, 2.24) is 19.4 Å². The number of amides is 1. The number of nitrogens with zero attached hydrogens (tertiary/aromatic N) is 5. The molecular weight excluding hydrogens is 306 g/mol. The number of carbonyl (C=O) groups is 1. The van der Waals surface area contributed by atoms with Gasteiger partial charge in [-0.05, 0) is 19.1 Å². The van der Waals surface area contributed by atoms with E-state index in [9.17, 15) is 4.79 Å². The zero-order valence-corrected chi connectivity index (χ0v) is 14.1. The monoisotopic (exact) mass is 329 g/mol. The Morgan fingerprint density at radius 1 is 1.25 bits per heavy atom. The Labute approximate surface area is 141 Å². The van der Waals surface area contributed by atoms with Crippen LogP contribution in [0.25, 0.3) is 0 Å². The molecule has 1 aliphatic heterocycles. The van der Waals surface area contributed by atoms with E-state index in [0.29, 0.717) is 31.3 Å². The maximum atomic E-state index is 12.5. The predicted octanol–water partition coefficient (Wildman–Crippen LogP) is 1.59. The fourth-order valence-electron chi connectivity index (χ4n) is 2.88. The maximum absolute atomic E-state index is 12.5. The van der Waals surface area contributed by atoms with E-state index in [4.69, 9.17) is 4.74 Å². The maximum Gasteiger partial charge on any atom is 0.228 e. The minimum absolute atomic E-state index is 0.173. The molecule has 3 heterocycles. The standard InChI is InChI=1S/C17H23N5O2/c1-14(20-7-3-4-8-20)13-16(23)21-9-11-22(12-10-21)17-18-6-5-15(19-17)24-2/h3-8,14H,9-13H2,1-2H3/t14-/m0/s1. The van der Waals surface area contributed by atoms with Gasteiger partial charge in [0, 0.05) is 63.3 Å². The first kappa shape index (κ1) is 16.3. The van der Waals surface area contributed by atoms with Gasteiger partial charge in [0.05, 0.1) is 7.11 Å². The summed E-state index contributed by atoms with van der Waals surface area (Å²) in [7, 11) is 1.59. The summed E-state index contributed by atoms with van der Waals surface area (Å²) in [4.78, 5) is 25.1.